The molecule has 4 nitrogen and oxygen atoms in total. The van der Waals surface area contributed by atoms with Crippen LogP contribution in [0.5, 0.6) is 0 Å². The summed E-state index contributed by atoms with van der Waals surface area (Å²) in [4.78, 5) is 11.1. The van der Waals surface area contributed by atoms with E-state index >= 15 is 0 Å². The fourth-order valence-electron chi connectivity index (χ4n) is 1.03. The molecule has 0 aromatic heterocycles. The normalized spacial score (nSPS) is 14.2. The van der Waals surface area contributed by atoms with Crippen LogP contribution in [0.1, 0.15) is 5.56 Å². The van der Waals surface area contributed by atoms with Crippen molar-refractivity contribution in [3.8, 4) is 0 Å². The lowest BCUT2D eigenvalue weighted by Gasteiger charge is -2.13. The molecule has 0 aliphatic carbocycles. The molecule has 88 valence electrons. The van der Waals surface area contributed by atoms with Crippen molar-refractivity contribution in [1.29, 1.82) is 0 Å². The number of hydrogen-bond donors (Lipinski definition) is 2. The van der Waals surface area contributed by atoms with Gasteiger partial charge in [-0.1, -0.05) is 30.3 Å². The van der Waals surface area contributed by atoms with Gasteiger partial charge in [0, 0.05) is 0 Å². The maximum atomic E-state index is 12.3. The Balaban J connectivity index is 2.46. The zero-order valence-corrected chi connectivity index (χ0v) is 8.27. The molecule has 0 saturated heterocycles. The molecule has 2 atom stereocenters. The summed E-state index contributed by atoms with van der Waals surface area (Å²) < 4.78 is 28.8. The van der Waals surface area contributed by atoms with Crippen molar-refractivity contribution in [1.82, 2.24) is 5.54 Å². The maximum absolute atomic E-state index is 12.3. The van der Waals surface area contributed by atoms with Gasteiger partial charge in [-0.25, -0.2) is 4.39 Å². The lowest BCUT2D eigenvalue weighted by atomic mass is 10.2. The molecule has 0 heterocycles. The van der Waals surface area contributed by atoms with Crippen molar-refractivity contribution in [2.75, 3.05) is 0 Å². The van der Waals surface area contributed by atoms with Crippen LogP contribution in [0.15, 0.2) is 30.3 Å². The number of aliphatic hydroxyl groups excluding tert-OH is 1. The summed E-state index contributed by atoms with van der Waals surface area (Å²) in [5, 5.41) is 8.41. The zero-order chi connectivity index (χ0) is 12.0. The number of rotatable bonds is 5. The van der Waals surface area contributed by atoms with E-state index in [0.29, 0.717) is 5.56 Å². The van der Waals surface area contributed by atoms with Gasteiger partial charge in [0.05, 0.1) is 0 Å². The first-order chi connectivity index (χ1) is 7.65. The molecule has 1 unspecified atom stereocenters. The van der Waals surface area contributed by atoms with E-state index in [9.17, 15) is 13.7 Å². The molecular formula is C10H11F2NO3. The molecule has 0 bridgehead atoms. The molecule has 0 saturated carbocycles. The molecular weight excluding hydrogens is 220 g/mol. The van der Waals surface area contributed by atoms with Crippen LogP contribution in [0, 0.1) is 0 Å². The van der Waals surface area contributed by atoms with Gasteiger partial charge in [0.25, 0.3) is 0 Å². The van der Waals surface area contributed by atoms with E-state index in [1.807, 2.05) is 0 Å². The second kappa shape index (κ2) is 6.14. The van der Waals surface area contributed by atoms with E-state index < -0.39 is 18.4 Å². The Morgan fingerprint density at radius 3 is 2.56 bits per heavy atom. The number of halogens is 2. The van der Waals surface area contributed by atoms with Crippen LogP contribution < -0.4 is 5.54 Å². The highest BCUT2D eigenvalue weighted by molar-refractivity contribution is 5.76. The predicted octanol–water partition coefficient (Wildman–Crippen LogP) is 0.860. The SMILES string of the molecule is O=C(OCc1ccccc1)[C@H](NF)C(O)F. The van der Waals surface area contributed by atoms with Crippen molar-refractivity contribution in [2.45, 2.75) is 19.0 Å². The summed E-state index contributed by atoms with van der Waals surface area (Å²) in [7, 11) is 0. The highest BCUT2D eigenvalue weighted by Gasteiger charge is 2.28. The minimum Gasteiger partial charge on any atom is -0.459 e. The third-order valence-electron chi connectivity index (χ3n) is 1.87. The molecule has 0 aliphatic heterocycles. The molecule has 0 fully saturated rings. The number of alkyl halides is 1. The Morgan fingerprint density at radius 2 is 2.06 bits per heavy atom. The van der Waals surface area contributed by atoms with E-state index in [1.54, 1.807) is 30.3 Å². The van der Waals surface area contributed by atoms with Crippen LogP contribution in [-0.4, -0.2) is 23.5 Å². The molecule has 1 aromatic rings. The van der Waals surface area contributed by atoms with Gasteiger partial charge in [0.15, 0.2) is 6.04 Å². The van der Waals surface area contributed by atoms with Crippen LogP contribution in [0.25, 0.3) is 0 Å². The largest absolute Gasteiger partial charge is 0.459 e. The van der Waals surface area contributed by atoms with Gasteiger partial charge in [-0.15, -0.1) is 10.0 Å². The van der Waals surface area contributed by atoms with Crippen molar-refractivity contribution in [2.24, 2.45) is 0 Å². The highest BCUT2D eigenvalue weighted by atomic mass is 19.2. The fraction of sp³-hybridized carbons (Fsp3) is 0.300. The number of benzene rings is 1. The van der Waals surface area contributed by atoms with Crippen LogP contribution in [-0.2, 0) is 16.1 Å². The highest BCUT2D eigenvalue weighted by Crippen LogP contribution is 2.04. The average molecular weight is 231 g/mol. The standard InChI is InChI=1S/C10H11F2NO3/c11-9(14)8(13-12)10(15)16-6-7-4-2-1-3-5-7/h1-5,8-9,13-14H,6H2/t8-,9?/m1/s1. The van der Waals surface area contributed by atoms with Crippen LogP contribution in [0.4, 0.5) is 8.87 Å². The van der Waals surface area contributed by atoms with Crippen molar-refractivity contribution < 1.29 is 23.5 Å². The number of ether oxygens (including phenoxy) is 1. The molecule has 6 heteroatoms. The number of aliphatic hydroxyl groups is 1. The van der Waals surface area contributed by atoms with Gasteiger partial charge in [0.2, 0.25) is 6.36 Å². The lowest BCUT2D eigenvalue weighted by Crippen LogP contribution is -2.41. The van der Waals surface area contributed by atoms with Crippen molar-refractivity contribution in [3.63, 3.8) is 0 Å². The van der Waals surface area contributed by atoms with Gasteiger partial charge in [-0.3, -0.25) is 4.79 Å². The van der Waals surface area contributed by atoms with E-state index in [0.717, 1.165) is 5.54 Å². The number of nitrogens with one attached hydrogen (secondary N) is 1. The first-order valence-electron chi connectivity index (χ1n) is 4.54. The average Bonchev–Trinajstić information content (AvgIpc) is 2.28. The molecule has 0 radical (unpaired) electrons. The zero-order valence-electron chi connectivity index (χ0n) is 8.27. The predicted molar refractivity (Wildman–Crippen MR) is 51.4 cm³/mol. The van der Waals surface area contributed by atoms with E-state index in [2.05, 4.69) is 4.74 Å². The fourth-order valence-corrected chi connectivity index (χ4v) is 1.03. The second-order valence-corrected chi connectivity index (χ2v) is 3.05. The summed E-state index contributed by atoms with van der Waals surface area (Å²) >= 11 is 0. The minimum atomic E-state index is -2.65. The van der Waals surface area contributed by atoms with Gasteiger partial charge >= 0.3 is 5.97 Å². The Morgan fingerprint density at radius 1 is 1.44 bits per heavy atom. The summed E-state index contributed by atoms with van der Waals surface area (Å²) in [5.74, 6) is -1.19. The number of hydrogen-bond acceptors (Lipinski definition) is 4. The van der Waals surface area contributed by atoms with Crippen molar-refractivity contribution in [3.05, 3.63) is 35.9 Å². The Labute approximate surface area is 90.8 Å². The van der Waals surface area contributed by atoms with E-state index in [4.69, 9.17) is 5.11 Å². The maximum Gasteiger partial charge on any atom is 0.331 e. The number of carbonyl (C=O) groups is 1. The van der Waals surface area contributed by atoms with Gasteiger partial charge in [-0.2, -0.15) is 0 Å². The summed E-state index contributed by atoms with van der Waals surface area (Å²) in [6.07, 6.45) is -2.65. The topological polar surface area (TPSA) is 58.6 Å². The van der Waals surface area contributed by atoms with Crippen LogP contribution >= 0.6 is 0 Å². The van der Waals surface area contributed by atoms with E-state index in [1.165, 1.54) is 0 Å². The number of esters is 1. The summed E-state index contributed by atoms with van der Waals surface area (Å²) in [6.45, 7) is -0.107. The molecule has 16 heavy (non-hydrogen) atoms. The third-order valence-corrected chi connectivity index (χ3v) is 1.87. The van der Waals surface area contributed by atoms with Crippen LogP contribution in [0.3, 0.4) is 0 Å². The van der Waals surface area contributed by atoms with Crippen molar-refractivity contribution >= 4 is 5.97 Å². The Kier molecular flexibility index (Phi) is 4.81. The summed E-state index contributed by atoms with van der Waals surface area (Å²) in [6, 6.07) is 6.62. The quantitative estimate of drug-likeness (QED) is 0.583. The molecule has 0 aliphatic rings. The molecule has 0 spiro atoms. The monoisotopic (exact) mass is 231 g/mol. The Hall–Kier alpha value is -1.53. The van der Waals surface area contributed by atoms with E-state index in [-0.39, 0.29) is 6.61 Å². The van der Waals surface area contributed by atoms with Crippen LogP contribution in [0.2, 0.25) is 0 Å². The molecule has 0 amide bonds. The van der Waals surface area contributed by atoms with Gasteiger partial charge < -0.3 is 9.84 Å². The smallest absolute Gasteiger partial charge is 0.331 e. The van der Waals surface area contributed by atoms with Gasteiger partial charge in [-0.05, 0) is 5.56 Å². The summed E-state index contributed by atoms with van der Waals surface area (Å²) in [5.41, 5.74) is 1.52. The minimum absolute atomic E-state index is 0.107. The lowest BCUT2D eigenvalue weighted by molar-refractivity contribution is -0.157. The first kappa shape index (κ1) is 12.5. The number of carbonyl (C=O) groups excluding carboxylic acids is 1. The molecule has 2 N–H and O–H groups in total. The first-order valence-corrected chi connectivity index (χ1v) is 4.54. The molecule has 1 aromatic carbocycles. The second-order valence-electron chi connectivity index (χ2n) is 3.05. The third kappa shape index (κ3) is 3.56. The Bertz CT molecular complexity index is 332. The van der Waals surface area contributed by atoms with Gasteiger partial charge in [0.1, 0.15) is 6.61 Å². The molecule has 1 rings (SSSR count).